The van der Waals surface area contributed by atoms with Crippen molar-refractivity contribution in [2.45, 2.75) is 140 Å². The van der Waals surface area contributed by atoms with Gasteiger partial charge in [0, 0.05) is 97.4 Å². The number of nitrogens with zero attached hydrogens (tertiary/aromatic N) is 2. The van der Waals surface area contributed by atoms with Crippen LogP contribution in [0.3, 0.4) is 0 Å². The number of aromatic amines is 1. The van der Waals surface area contributed by atoms with Crippen LogP contribution in [0.5, 0.6) is 11.5 Å². The highest BCUT2D eigenvalue weighted by Crippen LogP contribution is 2.61. The van der Waals surface area contributed by atoms with E-state index in [0.717, 1.165) is 99.5 Å². The van der Waals surface area contributed by atoms with Crippen LogP contribution < -0.4 is 25.7 Å². The molecule has 8 aliphatic rings. The molecular formula is C44H60ClN5O5S. The Balaban J connectivity index is 0.719. The molecule has 1 aromatic carbocycles. The highest BCUT2D eigenvalue weighted by molar-refractivity contribution is 7.98. The maximum absolute atomic E-state index is 13.5. The first-order valence-corrected chi connectivity index (χ1v) is 23.0. The molecule has 10 rings (SSSR count). The number of pyridine rings is 1. The summed E-state index contributed by atoms with van der Waals surface area (Å²) in [5, 5.41) is 7.23. The van der Waals surface area contributed by atoms with Crippen LogP contribution in [0.25, 0.3) is 0 Å². The molecule has 2 amide bonds. The molecule has 0 radical (unpaired) electrons. The van der Waals surface area contributed by atoms with Crippen LogP contribution in [-0.2, 0) is 11.3 Å². The van der Waals surface area contributed by atoms with Gasteiger partial charge in [-0.3, -0.25) is 19.3 Å². The zero-order valence-electron chi connectivity index (χ0n) is 33.6. The number of H-pyrrole nitrogens is 1. The quantitative estimate of drug-likeness (QED) is 0.216. The SMILES string of the molecule is CSc1cc(C)[nH]c(=O)c1CNC(=O)c1cc(Cl)c2c(c1C)OC(C)(C1CCC(NC3CN(C4CCN(C(=O)CC56CC7CC(CC(C7)C5)C6)CC4)C3)CC1)O2. The lowest BCUT2D eigenvalue weighted by atomic mass is 9.49. The van der Waals surface area contributed by atoms with E-state index in [0.29, 0.717) is 62.7 Å². The van der Waals surface area contributed by atoms with Crippen LogP contribution in [-0.4, -0.2) is 82.9 Å². The first-order chi connectivity index (χ1) is 26.9. The van der Waals surface area contributed by atoms with E-state index >= 15 is 0 Å². The Bertz CT molecular complexity index is 1880. The third kappa shape index (κ3) is 7.41. The van der Waals surface area contributed by atoms with E-state index < -0.39 is 5.79 Å². The zero-order chi connectivity index (χ0) is 38.9. The van der Waals surface area contributed by atoms with Crippen LogP contribution in [0.2, 0.25) is 5.02 Å². The van der Waals surface area contributed by atoms with Crippen LogP contribution >= 0.6 is 23.4 Å². The van der Waals surface area contributed by atoms with Gasteiger partial charge in [0.1, 0.15) is 0 Å². The van der Waals surface area contributed by atoms with Gasteiger partial charge in [-0.25, -0.2) is 0 Å². The van der Waals surface area contributed by atoms with Gasteiger partial charge in [0.25, 0.3) is 17.3 Å². The number of hydrogen-bond acceptors (Lipinski definition) is 8. The van der Waals surface area contributed by atoms with Gasteiger partial charge in [-0.1, -0.05) is 11.6 Å². The van der Waals surface area contributed by atoms with Crippen molar-refractivity contribution < 1.29 is 19.1 Å². The number of hydrogen-bond donors (Lipinski definition) is 3. The molecule has 12 heteroatoms. The minimum absolute atomic E-state index is 0.104. The Kier molecular flexibility index (Phi) is 10.5. The fourth-order valence-electron chi connectivity index (χ4n) is 12.5. The molecule has 0 spiro atoms. The Labute approximate surface area is 340 Å². The number of aromatic nitrogens is 1. The summed E-state index contributed by atoms with van der Waals surface area (Å²) < 4.78 is 13.1. The molecule has 304 valence electrons. The second-order valence-electron chi connectivity index (χ2n) is 19.0. The van der Waals surface area contributed by atoms with Gasteiger partial charge < -0.3 is 30.0 Å². The van der Waals surface area contributed by atoms with E-state index in [2.05, 4.69) is 25.4 Å². The highest BCUT2D eigenvalue weighted by Gasteiger charge is 2.52. The third-order valence-electron chi connectivity index (χ3n) is 15.0. The number of piperidine rings is 1. The maximum Gasteiger partial charge on any atom is 0.254 e. The first-order valence-electron chi connectivity index (χ1n) is 21.4. The normalized spacial score (nSPS) is 32.8. The van der Waals surface area contributed by atoms with Crippen molar-refractivity contribution in [3.63, 3.8) is 0 Å². The summed E-state index contributed by atoms with van der Waals surface area (Å²) in [6, 6.07) is 5.15. The molecule has 4 bridgehead atoms. The van der Waals surface area contributed by atoms with Crippen LogP contribution in [0, 0.1) is 42.9 Å². The van der Waals surface area contributed by atoms with E-state index in [1.807, 2.05) is 33.1 Å². The molecular weight excluding hydrogens is 746 g/mol. The first kappa shape index (κ1) is 38.8. The number of rotatable bonds is 10. The molecule has 2 saturated heterocycles. The summed E-state index contributed by atoms with van der Waals surface area (Å²) in [5.41, 5.74) is 2.52. The van der Waals surface area contributed by atoms with Gasteiger partial charge in [0.2, 0.25) is 5.91 Å². The molecule has 1 unspecified atom stereocenters. The van der Waals surface area contributed by atoms with E-state index in [1.54, 1.807) is 6.07 Å². The number of aryl methyl sites for hydroxylation is 1. The molecule has 1 aromatic heterocycles. The molecule has 56 heavy (non-hydrogen) atoms. The summed E-state index contributed by atoms with van der Waals surface area (Å²) in [6.45, 7) is 9.86. The Morgan fingerprint density at radius 1 is 0.929 bits per heavy atom. The number of carbonyl (C=O) groups is 2. The highest BCUT2D eigenvalue weighted by atomic mass is 35.5. The fraction of sp³-hybridized carbons (Fsp3) is 0.705. The lowest BCUT2D eigenvalue weighted by Crippen LogP contribution is -2.64. The largest absolute Gasteiger partial charge is 0.448 e. The van der Waals surface area contributed by atoms with E-state index in [-0.39, 0.29) is 23.9 Å². The Hall–Kier alpha value is -2.73. The molecule has 1 atom stereocenters. The van der Waals surface area contributed by atoms with Crippen molar-refractivity contribution >= 4 is 35.2 Å². The minimum atomic E-state index is -0.863. The average molecular weight is 807 g/mol. The van der Waals surface area contributed by atoms with Gasteiger partial charge in [0.05, 0.1) is 5.02 Å². The van der Waals surface area contributed by atoms with Crippen molar-refractivity contribution in [1.29, 1.82) is 0 Å². The van der Waals surface area contributed by atoms with Gasteiger partial charge >= 0.3 is 0 Å². The summed E-state index contributed by atoms with van der Waals surface area (Å²) in [6.07, 6.45) is 17.3. The number of thioether (sulfide) groups is 1. The molecule has 5 saturated carbocycles. The lowest BCUT2D eigenvalue weighted by Gasteiger charge is -2.57. The van der Waals surface area contributed by atoms with Gasteiger partial charge in [-0.2, -0.15) is 0 Å². The third-order valence-corrected chi connectivity index (χ3v) is 16.1. The molecule has 3 N–H and O–H groups in total. The van der Waals surface area contributed by atoms with Gasteiger partial charge in [0.15, 0.2) is 11.5 Å². The number of halogens is 1. The minimum Gasteiger partial charge on any atom is -0.448 e. The average Bonchev–Trinajstić information content (AvgIpc) is 3.52. The zero-order valence-corrected chi connectivity index (χ0v) is 35.2. The second kappa shape index (κ2) is 15.1. The smallest absolute Gasteiger partial charge is 0.254 e. The van der Waals surface area contributed by atoms with Gasteiger partial charge in [-0.15, -0.1) is 11.8 Å². The Morgan fingerprint density at radius 3 is 2.21 bits per heavy atom. The molecule has 3 aliphatic heterocycles. The number of ether oxygens (including phenoxy) is 2. The molecule has 7 fully saturated rings. The molecule has 10 nitrogen and oxygen atoms in total. The topological polar surface area (TPSA) is 116 Å². The number of likely N-dealkylation sites (tertiary alicyclic amines) is 2. The number of benzene rings is 1. The van der Waals surface area contributed by atoms with Crippen molar-refractivity contribution in [3.05, 3.63) is 49.9 Å². The summed E-state index contributed by atoms with van der Waals surface area (Å²) in [5.74, 6) is 3.18. The standard InChI is InChI=1S/C44H60ClN5O5S/c1-25-13-37(56-4)35(42(53)47-25)22-46-41(52)34-17-36(45)40-39(26(34)2)54-43(3,55-40)30-5-7-31(8-6-30)48-32-23-50(24-32)33-9-11-49(12-10-33)38(51)21-44-18-27-14-28(19-44)16-29(15-27)20-44/h13,17,27-33,48H,5-12,14-16,18-24H2,1-4H3,(H,46,52)(H,47,53). The summed E-state index contributed by atoms with van der Waals surface area (Å²) >= 11 is 8.22. The van der Waals surface area contributed by atoms with Crippen LogP contribution in [0.1, 0.15) is 118 Å². The number of fused-ring (bicyclic) bond motifs is 1. The van der Waals surface area contributed by atoms with Crippen LogP contribution in [0.4, 0.5) is 0 Å². The maximum atomic E-state index is 13.5. The summed E-state index contributed by atoms with van der Waals surface area (Å²) in [4.78, 5) is 48.1. The van der Waals surface area contributed by atoms with Crippen LogP contribution in [0.15, 0.2) is 21.8 Å². The predicted octanol–water partition coefficient (Wildman–Crippen LogP) is 7.21. The monoisotopic (exact) mass is 805 g/mol. The number of amides is 2. The van der Waals surface area contributed by atoms with Gasteiger partial charge in [-0.05, 0) is 132 Å². The van der Waals surface area contributed by atoms with Crippen molar-refractivity contribution in [3.8, 4) is 11.5 Å². The second-order valence-corrected chi connectivity index (χ2v) is 20.2. The molecule has 5 aliphatic carbocycles. The van der Waals surface area contributed by atoms with E-state index in [1.165, 1.54) is 50.3 Å². The molecule has 2 aromatic rings. The van der Waals surface area contributed by atoms with Crippen molar-refractivity contribution in [2.24, 2.45) is 29.1 Å². The fourth-order valence-corrected chi connectivity index (χ4v) is 13.4. The Morgan fingerprint density at radius 2 is 1.57 bits per heavy atom. The number of nitrogens with one attached hydrogen (secondary N) is 3. The number of carbonyl (C=O) groups excluding carboxylic acids is 2. The van der Waals surface area contributed by atoms with E-state index in [9.17, 15) is 14.4 Å². The predicted molar refractivity (Wildman–Crippen MR) is 220 cm³/mol. The van der Waals surface area contributed by atoms with Crippen molar-refractivity contribution in [1.82, 2.24) is 25.4 Å². The lowest BCUT2D eigenvalue weighted by molar-refractivity contribution is -0.141. The summed E-state index contributed by atoms with van der Waals surface area (Å²) in [7, 11) is 0. The molecule has 4 heterocycles. The van der Waals surface area contributed by atoms with E-state index in [4.69, 9.17) is 21.1 Å². The van der Waals surface area contributed by atoms with Crippen molar-refractivity contribution in [2.75, 3.05) is 32.4 Å².